The number of para-hydroxylation sites is 1. The van der Waals surface area contributed by atoms with E-state index in [2.05, 4.69) is 4.90 Å². The van der Waals surface area contributed by atoms with Crippen LogP contribution in [0.1, 0.15) is 40.2 Å². The Morgan fingerprint density at radius 3 is 2.33 bits per heavy atom. The van der Waals surface area contributed by atoms with Gasteiger partial charge in [0, 0.05) is 19.1 Å². The number of hydrogen-bond acceptors (Lipinski definition) is 3. The van der Waals surface area contributed by atoms with E-state index in [0.29, 0.717) is 25.2 Å². The fraction of sp³-hybridized carbons (Fsp3) is 0.647. The third kappa shape index (κ3) is 3.95. The number of ether oxygens (including phenoxy) is 1. The Labute approximate surface area is 127 Å². The van der Waals surface area contributed by atoms with Gasteiger partial charge in [-0.3, -0.25) is 0 Å². The van der Waals surface area contributed by atoms with Crippen molar-refractivity contribution < 1.29 is 9.13 Å². The van der Waals surface area contributed by atoms with Crippen LogP contribution in [0.5, 0.6) is 0 Å². The lowest BCUT2D eigenvalue weighted by atomic mass is 9.96. The molecule has 1 saturated heterocycles. The smallest absolute Gasteiger partial charge is 0.146 e. The molecular weight excluding hydrogens is 267 g/mol. The van der Waals surface area contributed by atoms with E-state index in [9.17, 15) is 4.39 Å². The molecule has 1 unspecified atom stereocenters. The molecule has 0 amide bonds. The van der Waals surface area contributed by atoms with Crippen LogP contribution in [0, 0.1) is 5.82 Å². The summed E-state index contributed by atoms with van der Waals surface area (Å²) in [4.78, 5) is 2.11. The maximum atomic E-state index is 14.5. The lowest BCUT2D eigenvalue weighted by Crippen LogP contribution is -2.57. The SMILES string of the molecule is CC(N)Cc1cccc(F)c1N1CC(C)(C)OC(C)(C)C1. The Morgan fingerprint density at radius 1 is 1.24 bits per heavy atom. The molecule has 0 saturated carbocycles. The molecule has 1 fully saturated rings. The van der Waals surface area contributed by atoms with Crippen molar-refractivity contribution in [3.8, 4) is 0 Å². The van der Waals surface area contributed by atoms with E-state index >= 15 is 0 Å². The summed E-state index contributed by atoms with van der Waals surface area (Å²) >= 11 is 0. The van der Waals surface area contributed by atoms with E-state index in [1.54, 1.807) is 6.07 Å². The molecule has 4 heteroatoms. The zero-order valence-electron chi connectivity index (χ0n) is 13.7. The summed E-state index contributed by atoms with van der Waals surface area (Å²) in [5, 5.41) is 0. The molecule has 0 aliphatic carbocycles. The van der Waals surface area contributed by atoms with Crippen LogP contribution in [-0.4, -0.2) is 30.3 Å². The molecular formula is C17H27FN2O. The first-order chi connectivity index (χ1) is 9.60. The van der Waals surface area contributed by atoms with Crippen molar-refractivity contribution in [1.82, 2.24) is 0 Å². The van der Waals surface area contributed by atoms with E-state index in [0.717, 1.165) is 5.56 Å². The Morgan fingerprint density at radius 2 is 1.81 bits per heavy atom. The predicted octanol–water partition coefficient (Wildman–Crippen LogP) is 3.11. The van der Waals surface area contributed by atoms with Crippen molar-refractivity contribution in [3.63, 3.8) is 0 Å². The van der Waals surface area contributed by atoms with Gasteiger partial charge < -0.3 is 15.4 Å². The van der Waals surface area contributed by atoms with Crippen molar-refractivity contribution >= 4 is 5.69 Å². The number of halogens is 1. The fourth-order valence-corrected chi connectivity index (χ4v) is 3.37. The van der Waals surface area contributed by atoms with E-state index in [1.807, 2.05) is 40.7 Å². The fourth-order valence-electron chi connectivity index (χ4n) is 3.37. The molecule has 1 atom stereocenters. The third-order valence-electron chi connectivity index (χ3n) is 3.62. The third-order valence-corrected chi connectivity index (χ3v) is 3.62. The Bertz CT molecular complexity index is 496. The topological polar surface area (TPSA) is 38.5 Å². The second-order valence-corrected chi connectivity index (χ2v) is 7.41. The first-order valence-electron chi connectivity index (χ1n) is 7.58. The highest BCUT2D eigenvalue weighted by Crippen LogP contribution is 2.34. The normalized spacial score (nSPS) is 22.1. The average molecular weight is 294 g/mol. The number of anilines is 1. The summed E-state index contributed by atoms with van der Waals surface area (Å²) in [6.45, 7) is 11.5. The summed E-state index contributed by atoms with van der Waals surface area (Å²) < 4.78 is 20.6. The van der Waals surface area contributed by atoms with Crippen LogP contribution in [0.4, 0.5) is 10.1 Å². The van der Waals surface area contributed by atoms with Crippen LogP contribution >= 0.6 is 0 Å². The predicted molar refractivity (Wildman–Crippen MR) is 85.2 cm³/mol. The van der Waals surface area contributed by atoms with E-state index in [4.69, 9.17) is 10.5 Å². The molecule has 1 heterocycles. The Kier molecular flexibility index (Phi) is 4.31. The van der Waals surface area contributed by atoms with Gasteiger partial charge in [0.15, 0.2) is 0 Å². The minimum absolute atomic E-state index is 0.00705. The van der Waals surface area contributed by atoms with Crippen LogP contribution in [0.2, 0.25) is 0 Å². The second kappa shape index (κ2) is 5.58. The number of morpholine rings is 1. The molecule has 1 aromatic rings. The highest BCUT2D eigenvalue weighted by atomic mass is 19.1. The first-order valence-corrected chi connectivity index (χ1v) is 7.58. The zero-order chi connectivity index (χ0) is 15.8. The van der Waals surface area contributed by atoms with Gasteiger partial charge in [0.2, 0.25) is 0 Å². The molecule has 0 aromatic heterocycles. The number of nitrogens with two attached hydrogens (primary N) is 1. The van der Waals surface area contributed by atoms with Crippen molar-refractivity contribution in [3.05, 3.63) is 29.6 Å². The van der Waals surface area contributed by atoms with Gasteiger partial charge in [-0.15, -0.1) is 0 Å². The monoisotopic (exact) mass is 294 g/mol. The summed E-state index contributed by atoms with van der Waals surface area (Å²) in [7, 11) is 0. The highest BCUT2D eigenvalue weighted by Gasteiger charge is 2.39. The number of nitrogens with zero attached hydrogens (tertiary/aromatic N) is 1. The van der Waals surface area contributed by atoms with Crippen molar-refractivity contribution in [2.24, 2.45) is 5.73 Å². The standard InChI is InChI=1S/C17H27FN2O/c1-12(19)9-13-7-6-8-14(18)15(13)20-10-16(2,3)21-17(4,5)11-20/h6-8,12H,9-11,19H2,1-5H3. The first kappa shape index (κ1) is 16.2. The van der Waals surface area contributed by atoms with Crippen LogP contribution in [0.15, 0.2) is 18.2 Å². The Hall–Kier alpha value is -1.13. The van der Waals surface area contributed by atoms with Gasteiger partial charge in [-0.1, -0.05) is 12.1 Å². The molecule has 0 radical (unpaired) electrons. The van der Waals surface area contributed by atoms with Crippen molar-refractivity contribution in [2.45, 2.75) is 58.3 Å². The largest absolute Gasteiger partial charge is 0.366 e. The zero-order valence-corrected chi connectivity index (χ0v) is 13.7. The van der Waals surface area contributed by atoms with Gasteiger partial charge in [-0.05, 0) is 52.7 Å². The summed E-state index contributed by atoms with van der Waals surface area (Å²) in [6, 6.07) is 5.26. The highest BCUT2D eigenvalue weighted by molar-refractivity contribution is 5.56. The quantitative estimate of drug-likeness (QED) is 0.931. The van der Waals surface area contributed by atoms with E-state index < -0.39 is 0 Å². The maximum absolute atomic E-state index is 14.5. The van der Waals surface area contributed by atoms with Crippen LogP contribution in [-0.2, 0) is 11.2 Å². The van der Waals surface area contributed by atoms with Crippen LogP contribution in [0.3, 0.4) is 0 Å². The molecule has 1 aliphatic rings. The van der Waals surface area contributed by atoms with E-state index in [1.165, 1.54) is 6.07 Å². The molecule has 2 rings (SSSR count). The number of hydrogen-bond donors (Lipinski definition) is 1. The van der Waals surface area contributed by atoms with Gasteiger partial charge in [0.1, 0.15) is 5.82 Å². The summed E-state index contributed by atoms with van der Waals surface area (Å²) in [5.41, 5.74) is 6.94. The average Bonchev–Trinajstić information content (AvgIpc) is 2.23. The lowest BCUT2D eigenvalue weighted by molar-refractivity contribution is -0.133. The molecule has 118 valence electrons. The molecule has 2 N–H and O–H groups in total. The number of benzene rings is 1. The van der Waals surface area contributed by atoms with Gasteiger partial charge in [-0.2, -0.15) is 0 Å². The molecule has 1 aromatic carbocycles. The van der Waals surface area contributed by atoms with Gasteiger partial charge in [0.25, 0.3) is 0 Å². The van der Waals surface area contributed by atoms with E-state index in [-0.39, 0.29) is 23.1 Å². The summed E-state index contributed by atoms with van der Waals surface area (Å²) in [6.07, 6.45) is 0.672. The molecule has 21 heavy (non-hydrogen) atoms. The van der Waals surface area contributed by atoms with Gasteiger partial charge in [-0.25, -0.2) is 4.39 Å². The van der Waals surface area contributed by atoms with Crippen molar-refractivity contribution in [1.29, 1.82) is 0 Å². The molecule has 3 nitrogen and oxygen atoms in total. The van der Waals surface area contributed by atoms with Gasteiger partial charge >= 0.3 is 0 Å². The number of rotatable bonds is 3. The molecule has 0 spiro atoms. The molecule has 1 aliphatic heterocycles. The minimum Gasteiger partial charge on any atom is -0.366 e. The Balaban J connectivity index is 2.40. The van der Waals surface area contributed by atoms with Crippen LogP contribution < -0.4 is 10.6 Å². The minimum atomic E-state index is -0.310. The van der Waals surface area contributed by atoms with Crippen molar-refractivity contribution in [2.75, 3.05) is 18.0 Å². The molecule has 0 bridgehead atoms. The van der Waals surface area contributed by atoms with Gasteiger partial charge in [0.05, 0.1) is 16.9 Å². The summed E-state index contributed by atoms with van der Waals surface area (Å²) in [5.74, 6) is -0.179. The second-order valence-electron chi connectivity index (χ2n) is 7.41. The van der Waals surface area contributed by atoms with Crippen LogP contribution in [0.25, 0.3) is 0 Å². The lowest BCUT2D eigenvalue weighted by Gasteiger charge is -2.48. The maximum Gasteiger partial charge on any atom is 0.146 e.